The first kappa shape index (κ1) is 19.6. The quantitative estimate of drug-likeness (QED) is 0.471. The molecular formula is C20H15F3N4O3. The molecule has 0 unspecified atom stereocenters. The van der Waals surface area contributed by atoms with E-state index in [1.54, 1.807) is 13.0 Å². The number of nitro groups is 1. The highest BCUT2D eigenvalue weighted by Crippen LogP contribution is 2.34. The Hall–Kier alpha value is -3.69. The average Bonchev–Trinajstić information content (AvgIpc) is 3.30. The number of non-ortho nitro benzene ring substituents is 1. The molecule has 1 aromatic heterocycles. The molecule has 0 atom stereocenters. The van der Waals surface area contributed by atoms with Crippen LogP contribution in [0.4, 0.5) is 24.5 Å². The van der Waals surface area contributed by atoms with Crippen LogP contribution >= 0.6 is 0 Å². The first-order valence-corrected chi connectivity index (χ1v) is 8.98. The van der Waals surface area contributed by atoms with Crippen molar-refractivity contribution >= 4 is 17.3 Å². The summed E-state index contributed by atoms with van der Waals surface area (Å²) in [4.78, 5) is 25.1. The number of rotatable bonds is 3. The number of alkyl halides is 3. The van der Waals surface area contributed by atoms with Crippen molar-refractivity contribution in [1.82, 2.24) is 9.78 Å². The molecule has 4 rings (SSSR count). The Morgan fingerprint density at radius 2 is 1.97 bits per heavy atom. The number of anilines is 1. The Balaban J connectivity index is 1.69. The van der Waals surface area contributed by atoms with Crippen molar-refractivity contribution in [1.29, 1.82) is 0 Å². The van der Waals surface area contributed by atoms with Crippen LogP contribution in [0.5, 0.6) is 0 Å². The van der Waals surface area contributed by atoms with Crippen molar-refractivity contribution in [3.05, 3.63) is 81.2 Å². The van der Waals surface area contributed by atoms with Crippen molar-refractivity contribution in [3.8, 4) is 5.69 Å². The van der Waals surface area contributed by atoms with Gasteiger partial charge in [-0.15, -0.1) is 0 Å². The average molecular weight is 416 g/mol. The molecule has 2 heterocycles. The van der Waals surface area contributed by atoms with Crippen molar-refractivity contribution in [3.63, 3.8) is 0 Å². The van der Waals surface area contributed by atoms with Gasteiger partial charge < -0.3 is 4.90 Å². The predicted octanol–water partition coefficient (Wildman–Crippen LogP) is 4.31. The smallest absolute Gasteiger partial charge is 0.307 e. The van der Waals surface area contributed by atoms with Crippen LogP contribution < -0.4 is 4.90 Å². The van der Waals surface area contributed by atoms with Crippen LogP contribution in [0, 0.1) is 17.0 Å². The third kappa shape index (κ3) is 3.30. The molecule has 0 fully saturated rings. The molecule has 0 saturated carbocycles. The lowest BCUT2D eigenvalue weighted by molar-refractivity contribution is -0.384. The number of nitrogens with zero attached hydrogens (tertiary/aromatic N) is 4. The molecule has 0 spiro atoms. The number of nitro benzene ring substituents is 1. The Kier molecular flexibility index (Phi) is 4.56. The van der Waals surface area contributed by atoms with Crippen LogP contribution in [0.3, 0.4) is 0 Å². The Labute approximate surface area is 168 Å². The number of carbonyl (C=O) groups is 1. The second-order valence-electron chi connectivity index (χ2n) is 6.88. The summed E-state index contributed by atoms with van der Waals surface area (Å²) < 4.78 is 40.3. The van der Waals surface area contributed by atoms with E-state index in [0.717, 1.165) is 17.7 Å². The normalized spacial score (nSPS) is 13.4. The molecule has 10 heteroatoms. The number of aromatic nitrogens is 2. The number of halogens is 3. The van der Waals surface area contributed by atoms with E-state index in [0.29, 0.717) is 24.3 Å². The Morgan fingerprint density at radius 3 is 2.67 bits per heavy atom. The molecule has 0 bridgehead atoms. The largest absolute Gasteiger partial charge is 0.416 e. The second-order valence-corrected chi connectivity index (χ2v) is 6.88. The Bertz CT molecular complexity index is 1170. The highest BCUT2D eigenvalue weighted by atomic mass is 19.4. The fourth-order valence-electron chi connectivity index (χ4n) is 3.53. The fourth-order valence-corrected chi connectivity index (χ4v) is 3.53. The minimum absolute atomic E-state index is 0.121. The van der Waals surface area contributed by atoms with Gasteiger partial charge in [-0.3, -0.25) is 14.9 Å². The van der Waals surface area contributed by atoms with Crippen LogP contribution in [0.1, 0.15) is 27.2 Å². The van der Waals surface area contributed by atoms with E-state index in [1.165, 1.54) is 40.0 Å². The summed E-state index contributed by atoms with van der Waals surface area (Å²) in [6.07, 6.45) is -2.64. The maximum atomic E-state index is 13.1. The summed E-state index contributed by atoms with van der Waals surface area (Å²) in [5, 5.41) is 15.2. The zero-order valence-electron chi connectivity index (χ0n) is 15.7. The van der Waals surface area contributed by atoms with E-state index in [1.807, 2.05) is 0 Å². The lowest BCUT2D eigenvalue weighted by Crippen LogP contribution is -2.29. The van der Waals surface area contributed by atoms with Crippen LogP contribution in [-0.4, -0.2) is 27.2 Å². The van der Waals surface area contributed by atoms with Crippen molar-refractivity contribution in [2.24, 2.45) is 0 Å². The zero-order chi connectivity index (χ0) is 21.6. The summed E-state index contributed by atoms with van der Waals surface area (Å²) >= 11 is 0. The van der Waals surface area contributed by atoms with E-state index < -0.39 is 22.6 Å². The summed E-state index contributed by atoms with van der Waals surface area (Å²) in [7, 11) is 0. The maximum Gasteiger partial charge on any atom is 0.416 e. The van der Waals surface area contributed by atoms with Gasteiger partial charge in [-0.25, -0.2) is 4.68 Å². The highest BCUT2D eigenvalue weighted by molar-refractivity contribution is 6.08. The molecule has 30 heavy (non-hydrogen) atoms. The molecule has 0 N–H and O–H groups in total. The third-order valence-corrected chi connectivity index (χ3v) is 5.08. The fraction of sp³-hybridized carbons (Fsp3) is 0.200. The van der Waals surface area contributed by atoms with Crippen LogP contribution in [0.2, 0.25) is 0 Å². The molecule has 2 aromatic carbocycles. The number of carbonyl (C=O) groups excluding carboxylic acids is 1. The van der Waals surface area contributed by atoms with Gasteiger partial charge in [0.2, 0.25) is 0 Å². The van der Waals surface area contributed by atoms with Gasteiger partial charge in [-0.2, -0.15) is 18.3 Å². The summed E-state index contributed by atoms with van der Waals surface area (Å²) in [5.74, 6) is -0.412. The molecule has 1 aliphatic heterocycles. The molecule has 1 amide bonds. The standard InChI is InChI=1S/C20H15F3N4O3/c1-12-17(11-24-26(12)15-4-2-3-14(9-15)20(21,22)23)19(28)25-8-7-13-5-6-16(27(29)30)10-18(13)25/h2-6,9-11H,7-8H2,1H3. The predicted molar refractivity (Wildman–Crippen MR) is 102 cm³/mol. The molecule has 3 aromatic rings. The van der Waals surface area contributed by atoms with Gasteiger partial charge in [0.05, 0.1) is 39.3 Å². The van der Waals surface area contributed by atoms with Gasteiger partial charge in [0.25, 0.3) is 11.6 Å². The number of hydrogen-bond acceptors (Lipinski definition) is 4. The van der Waals surface area contributed by atoms with Gasteiger partial charge in [0.1, 0.15) is 0 Å². The first-order valence-electron chi connectivity index (χ1n) is 8.98. The van der Waals surface area contributed by atoms with E-state index >= 15 is 0 Å². The number of fused-ring (bicyclic) bond motifs is 1. The molecule has 0 aliphatic carbocycles. The lowest BCUT2D eigenvalue weighted by atomic mass is 10.1. The van der Waals surface area contributed by atoms with Crippen LogP contribution in [-0.2, 0) is 12.6 Å². The van der Waals surface area contributed by atoms with E-state index in [-0.39, 0.29) is 16.9 Å². The SMILES string of the molecule is Cc1c(C(=O)N2CCc3ccc([N+](=O)[O-])cc32)cnn1-c1cccc(C(F)(F)F)c1. The van der Waals surface area contributed by atoms with E-state index in [9.17, 15) is 28.1 Å². The number of amides is 1. The van der Waals surface area contributed by atoms with Crippen molar-refractivity contribution < 1.29 is 22.9 Å². The third-order valence-electron chi connectivity index (χ3n) is 5.08. The number of hydrogen-bond donors (Lipinski definition) is 0. The van der Waals surface area contributed by atoms with E-state index in [4.69, 9.17) is 0 Å². The Morgan fingerprint density at radius 1 is 1.20 bits per heavy atom. The number of benzene rings is 2. The molecule has 0 radical (unpaired) electrons. The molecule has 1 aliphatic rings. The monoisotopic (exact) mass is 416 g/mol. The lowest BCUT2D eigenvalue weighted by Gasteiger charge is -2.17. The zero-order valence-corrected chi connectivity index (χ0v) is 15.7. The minimum Gasteiger partial charge on any atom is -0.307 e. The van der Waals surface area contributed by atoms with Crippen LogP contribution in [0.15, 0.2) is 48.7 Å². The van der Waals surface area contributed by atoms with Gasteiger partial charge in [-0.05, 0) is 37.1 Å². The van der Waals surface area contributed by atoms with Gasteiger partial charge in [0, 0.05) is 18.7 Å². The topological polar surface area (TPSA) is 81.3 Å². The highest BCUT2D eigenvalue weighted by Gasteiger charge is 2.32. The van der Waals surface area contributed by atoms with Crippen molar-refractivity contribution in [2.45, 2.75) is 19.5 Å². The summed E-state index contributed by atoms with van der Waals surface area (Å²) in [5.41, 5.74) is 1.11. The summed E-state index contributed by atoms with van der Waals surface area (Å²) in [6, 6.07) is 9.04. The second kappa shape index (κ2) is 6.97. The first-order chi connectivity index (χ1) is 14.2. The van der Waals surface area contributed by atoms with Crippen molar-refractivity contribution in [2.75, 3.05) is 11.4 Å². The van der Waals surface area contributed by atoms with Gasteiger partial charge in [-0.1, -0.05) is 12.1 Å². The molecular weight excluding hydrogens is 401 g/mol. The maximum absolute atomic E-state index is 13.1. The molecule has 0 saturated heterocycles. The van der Waals surface area contributed by atoms with Crippen LogP contribution in [0.25, 0.3) is 5.69 Å². The van der Waals surface area contributed by atoms with Gasteiger partial charge >= 0.3 is 6.18 Å². The van der Waals surface area contributed by atoms with Gasteiger partial charge in [0.15, 0.2) is 0 Å². The molecule has 7 nitrogen and oxygen atoms in total. The minimum atomic E-state index is -4.50. The molecule has 154 valence electrons. The van der Waals surface area contributed by atoms with E-state index in [2.05, 4.69) is 5.10 Å². The summed E-state index contributed by atoms with van der Waals surface area (Å²) in [6.45, 7) is 1.94.